The van der Waals surface area contributed by atoms with Crippen LogP contribution in [0, 0.1) is 10.1 Å². The molecule has 0 spiro atoms. The average Bonchev–Trinajstić information content (AvgIpc) is 2.47. The summed E-state index contributed by atoms with van der Waals surface area (Å²) in [7, 11) is -3.79. The molecule has 0 aliphatic rings. The van der Waals surface area contributed by atoms with Gasteiger partial charge in [-0.15, -0.1) is 0 Å². The van der Waals surface area contributed by atoms with Gasteiger partial charge < -0.3 is 5.73 Å². The number of nitro groups is 1. The second-order valence-corrected chi connectivity index (χ2v) is 5.94. The van der Waals surface area contributed by atoms with Crippen molar-refractivity contribution in [1.82, 2.24) is 0 Å². The highest BCUT2D eigenvalue weighted by atomic mass is 32.2. The Bertz CT molecular complexity index is 757. The number of anilines is 1. The lowest BCUT2D eigenvalue weighted by atomic mass is 10.2. The van der Waals surface area contributed by atoms with E-state index in [1.54, 1.807) is 12.1 Å². The number of non-ortho nitro benzene ring substituents is 1. The first kappa shape index (κ1) is 14.9. The van der Waals surface area contributed by atoms with Crippen LogP contribution in [0.25, 0.3) is 0 Å². The van der Waals surface area contributed by atoms with Crippen molar-refractivity contribution in [2.75, 3.05) is 4.72 Å². The Balaban J connectivity index is 2.28. The third-order valence-electron chi connectivity index (χ3n) is 2.78. The number of nitrogens with one attached hydrogen (secondary N) is 1. The molecule has 0 unspecified atom stereocenters. The van der Waals surface area contributed by atoms with Crippen LogP contribution in [0.5, 0.6) is 0 Å². The van der Waals surface area contributed by atoms with Crippen molar-refractivity contribution >= 4 is 21.4 Å². The van der Waals surface area contributed by atoms with Gasteiger partial charge in [-0.25, -0.2) is 8.42 Å². The summed E-state index contributed by atoms with van der Waals surface area (Å²) in [6.07, 6.45) is 0. The van der Waals surface area contributed by atoms with Gasteiger partial charge in [0.15, 0.2) is 0 Å². The molecule has 0 heterocycles. The maximum atomic E-state index is 12.2. The lowest BCUT2D eigenvalue weighted by Gasteiger charge is -2.08. The molecule has 2 aromatic rings. The molecule has 0 aliphatic heterocycles. The van der Waals surface area contributed by atoms with Crippen LogP contribution in [0.1, 0.15) is 5.56 Å². The first-order valence-electron chi connectivity index (χ1n) is 5.98. The number of rotatable bonds is 5. The molecule has 110 valence electrons. The maximum absolute atomic E-state index is 12.2. The predicted octanol–water partition coefficient (Wildman–Crippen LogP) is 1.85. The Kier molecular flexibility index (Phi) is 4.20. The van der Waals surface area contributed by atoms with Crippen molar-refractivity contribution in [2.45, 2.75) is 11.4 Å². The number of hydrogen-bond donors (Lipinski definition) is 2. The van der Waals surface area contributed by atoms with Crippen LogP contribution in [0.4, 0.5) is 11.4 Å². The van der Waals surface area contributed by atoms with Crippen LogP contribution in [-0.4, -0.2) is 13.3 Å². The lowest BCUT2D eigenvalue weighted by Crippen LogP contribution is -2.13. The lowest BCUT2D eigenvalue weighted by molar-refractivity contribution is -0.384. The van der Waals surface area contributed by atoms with Crippen molar-refractivity contribution in [3.8, 4) is 0 Å². The molecule has 0 aliphatic carbocycles. The van der Waals surface area contributed by atoms with Gasteiger partial charge in [-0.05, 0) is 23.8 Å². The number of nitrogens with zero attached hydrogens (tertiary/aromatic N) is 1. The van der Waals surface area contributed by atoms with Crippen LogP contribution in [0.15, 0.2) is 53.4 Å². The van der Waals surface area contributed by atoms with Gasteiger partial charge in [-0.1, -0.05) is 18.2 Å². The number of hydrogen-bond acceptors (Lipinski definition) is 5. The van der Waals surface area contributed by atoms with E-state index >= 15 is 0 Å². The highest BCUT2D eigenvalue weighted by molar-refractivity contribution is 7.92. The van der Waals surface area contributed by atoms with Crippen LogP contribution < -0.4 is 10.5 Å². The number of sulfonamides is 1. The van der Waals surface area contributed by atoms with E-state index in [0.717, 1.165) is 11.6 Å². The molecule has 3 N–H and O–H groups in total. The molecule has 0 saturated carbocycles. The summed E-state index contributed by atoms with van der Waals surface area (Å²) in [6, 6.07) is 11.4. The molecule has 21 heavy (non-hydrogen) atoms. The fraction of sp³-hybridized carbons (Fsp3) is 0.0769. The van der Waals surface area contributed by atoms with E-state index in [4.69, 9.17) is 5.73 Å². The number of benzene rings is 2. The standard InChI is InChI=1S/C13H13N3O4S/c14-9-10-4-6-13(7-5-10)21(19,20)15-11-2-1-3-12(8-11)16(17)18/h1-8,15H,9,14H2. The van der Waals surface area contributed by atoms with Crippen molar-refractivity contribution in [2.24, 2.45) is 5.73 Å². The average molecular weight is 307 g/mol. The summed E-state index contributed by atoms with van der Waals surface area (Å²) >= 11 is 0. The van der Waals surface area contributed by atoms with Crippen LogP contribution >= 0.6 is 0 Å². The monoisotopic (exact) mass is 307 g/mol. The van der Waals surface area contributed by atoms with E-state index in [0.29, 0.717) is 6.54 Å². The molecule has 0 bridgehead atoms. The SMILES string of the molecule is NCc1ccc(S(=O)(=O)Nc2cccc([N+](=O)[O-])c2)cc1. The minimum absolute atomic E-state index is 0.0613. The van der Waals surface area contributed by atoms with Crippen molar-refractivity contribution < 1.29 is 13.3 Å². The van der Waals surface area contributed by atoms with Gasteiger partial charge in [0.2, 0.25) is 0 Å². The molecule has 0 radical (unpaired) electrons. The van der Waals surface area contributed by atoms with E-state index in [9.17, 15) is 18.5 Å². The van der Waals surface area contributed by atoms with Gasteiger partial charge in [0, 0.05) is 18.7 Å². The normalized spacial score (nSPS) is 11.1. The number of nitro benzene ring substituents is 1. The molecular formula is C13H13N3O4S. The van der Waals surface area contributed by atoms with Gasteiger partial charge in [-0.2, -0.15) is 0 Å². The van der Waals surface area contributed by atoms with Gasteiger partial charge >= 0.3 is 0 Å². The molecule has 0 amide bonds. The zero-order valence-electron chi connectivity index (χ0n) is 10.9. The highest BCUT2D eigenvalue weighted by Crippen LogP contribution is 2.20. The Labute approximate surface area is 121 Å². The third-order valence-corrected chi connectivity index (χ3v) is 4.18. The van der Waals surface area contributed by atoms with Crippen molar-refractivity contribution in [3.63, 3.8) is 0 Å². The minimum Gasteiger partial charge on any atom is -0.326 e. The molecule has 2 rings (SSSR count). The second-order valence-electron chi connectivity index (χ2n) is 4.26. The largest absolute Gasteiger partial charge is 0.326 e. The molecule has 0 atom stereocenters. The maximum Gasteiger partial charge on any atom is 0.271 e. The first-order valence-corrected chi connectivity index (χ1v) is 7.47. The van der Waals surface area contributed by atoms with E-state index < -0.39 is 14.9 Å². The van der Waals surface area contributed by atoms with Crippen LogP contribution in [0.2, 0.25) is 0 Å². The molecule has 2 aromatic carbocycles. The zero-order valence-corrected chi connectivity index (χ0v) is 11.7. The minimum atomic E-state index is -3.79. The Morgan fingerprint density at radius 1 is 1.14 bits per heavy atom. The van der Waals surface area contributed by atoms with Crippen LogP contribution in [-0.2, 0) is 16.6 Å². The fourth-order valence-electron chi connectivity index (χ4n) is 1.70. The number of nitrogens with two attached hydrogens (primary N) is 1. The Hall–Kier alpha value is -2.45. The van der Waals surface area contributed by atoms with E-state index in [2.05, 4.69) is 4.72 Å². The summed E-state index contributed by atoms with van der Waals surface area (Å²) in [5.74, 6) is 0. The van der Waals surface area contributed by atoms with Crippen LogP contribution in [0.3, 0.4) is 0 Å². The quantitative estimate of drug-likeness (QED) is 0.646. The smallest absolute Gasteiger partial charge is 0.271 e. The van der Waals surface area contributed by atoms with Crippen molar-refractivity contribution in [3.05, 3.63) is 64.2 Å². The molecule has 0 fully saturated rings. The highest BCUT2D eigenvalue weighted by Gasteiger charge is 2.15. The van der Waals surface area contributed by atoms with Gasteiger partial charge in [0.25, 0.3) is 15.7 Å². The molecular weight excluding hydrogens is 294 g/mol. The van der Waals surface area contributed by atoms with E-state index in [-0.39, 0.29) is 16.3 Å². The Morgan fingerprint density at radius 2 is 1.81 bits per heavy atom. The molecule has 7 nitrogen and oxygen atoms in total. The van der Waals surface area contributed by atoms with E-state index in [1.165, 1.54) is 30.3 Å². The third kappa shape index (κ3) is 3.56. The summed E-state index contributed by atoms with van der Waals surface area (Å²) < 4.78 is 26.6. The first-order chi connectivity index (χ1) is 9.92. The zero-order chi connectivity index (χ0) is 15.5. The topological polar surface area (TPSA) is 115 Å². The Morgan fingerprint density at radius 3 is 2.38 bits per heavy atom. The van der Waals surface area contributed by atoms with Gasteiger partial charge in [-0.3, -0.25) is 14.8 Å². The van der Waals surface area contributed by atoms with Crippen molar-refractivity contribution in [1.29, 1.82) is 0 Å². The molecule has 8 heteroatoms. The summed E-state index contributed by atoms with van der Waals surface area (Å²) in [4.78, 5) is 10.1. The summed E-state index contributed by atoms with van der Waals surface area (Å²) in [5.41, 5.74) is 6.20. The fourth-order valence-corrected chi connectivity index (χ4v) is 2.75. The second kappa shape index (κ2) is 5.90. The predicted molar refractivity (Wildman–Crippen MR) is 78.2 cm³/mol. The summed E-state index contributed by atoms with van der Waals surface area (Å²) in [6.45, 7) is 0.318. The van der Waals surface area contributed by atoms with Gasteiger partial charge in [0.05, 0.1) is 15.5 Å². The summed E-state index contributed by atoms with van der Waals surface area (Å²) in [5, 5.41) is 10.7. The van der Waals surface area contributed by atoms with E-state index in [1.807, 2.05) is 0 Å². The molecule has 0 aromatic heterocycles. The van der Waals surface area contributed by atoms with Gasteiger partial charge in [0.1, 0.15) is 0 Å². The molecule has 0 saturated heterocycles.